The fraction of sp³-hybridized carbons (Fsp3) is 0.125. The Labute approximate surface area is 139 Å². The number of pyridine rings is 1. The largest absolute Gasteiger partial charge is 0.299 e. The van der Waals surface area contributed by atoms with Gasteiger partial charge in [0, 0.05) is 36.0 Å². The fourth-order valence-electron chi connectivity index (χ4n) is 2.35. The van der Waals surface area contributed by atoms with Crippen molar-refractivity contribution in [1.82, 2.24) is 14.5 Å². The highest BCUT2D eigenvalue weighted by Crippen LogP contribution is 2.26. The molecule has 3 rings (SSSR count). The summed E-state index contributed by atoms with van der Waals surface area (Å²) >= 11 is 0. The molecule has 0 amide bonds. The van der Waals surface area contributed by atoms with E-state index >= 15 is 0 Å². The number of hydrogen-bond acceptors (Lipinski definition) is 3. The zero-order chi connectivity index (χ0) is 16.4. The van der Waals surface area contributed by atoms with E-state index < -0.39 is 11.0 Å². The van der Waals surface area contributed by atoms with E-state index in [2.05, 4.69) is 14.2 Å². The van der Waals surface area contributed by atoms with Gasteiger partial charge in [-0.3, -0.25) is 9.55 Å². The standard InChI is InChI=1S/C16H17N4OPS/c1-11-6-7-18-8-15(11)16-19-12(10-22)9-20(16)13-2-4-14(5-3-13)23(17)21/h2-9H,10,17,22H2,1H3. The molecular formula is C16H17N4OPS. The van der Waals surface area contributed by atoms with Crippen molar-refractivity contribution < 1.29 is 4.21 Å². The average Bonchev–Trinajstić information content (AvgIpc) is 2.99. The Morgan fingerprint density at radius 1 is 1.26 bits per heavy atom. The molecule has 23 heavy (non-hydrogen) atoms. The SMILES string of the molecule is Cc1ccncc1-c1nc(CP)cn1-c1ccc(S(N)=O)cc1. The molecule has 2 N–H and O–H groups in total. The Morgan fingerprint density at radius 2 is 2.00 bits per heavy atom. The van der Waals surface area contributed by atoms with Gasteiger partial charge < -0.3 is 0 Å². The summed E-state index contributed by atoms with van der Waals surface area (Å²) in [5.41, 5.74) is 4.01. The van der Waals surface area contributed by atoms with Crippen molar-refractivity contribution in [3.8, 4) is 17.1 Å². The first-order valence-electron chi connectivity index (χ1n) is 7.06. The Morgan fingerprint density at radius 3 is 2.61 bits per heavy atom. The molecule has 7 heteroatoms. The quantitative estimate of drug-likeness (QED) is 0.739. The van der Waals surface area contributed by atoms with Crippen molar-refractivity contribution in [2.24, 2.45) is 5.14 Å². The summed E-state index contributed by atoms with van der Waals surface area (Å²) in [4.78, 5) is 9.52. The molecule has 2 unspecified atom stereocenters. The zero-order valence-electron chi connectivity index (χ0n) is 12.6. The fourth-order valence-corrected chi connectivity index (χ4v) is 2.95. The molecule has 0 saturated heterocycles. The second kappa shape index (κ2) is 6.71. The monoisotopic (exact) mass is 344 g/mol. The van der Waals surface area contributed by atoms with E-state index in [4.69, 9.17) is 10.1 Å². The molecule has 0 fully saturated rings. The van der Waals surface area contributed by atoms with Gasteiger partial charge in [-0.15, -0.1) is 9.24 Å². The molecule has 2 heterocycles. The molecule has 0 aliphatic carbocycles. The van der Waals surface area contributed by atoms with E-state index in [-0.39, 0.29) is 0 Å². The number of nitrogens with two attached hydrogens (primary N) is 1. The third kappa shape index (κ3) is 3.24. The van der Waals surface area contributed by atoms with Crippen LogP contribution in [0, 0.1) is 6.92 Å². The molecular weight excluding hydrogens is 327 g/mol. The highest BCUT2D eigenvalue weighted by atomic mass is 32.2. The topological polar surface area (TPSA) is 73.8 Å². The van der Waals surface area contributed by atoms with Crippen LogP contribution in [0.2, 0.25) is 0 Å². The minimum Gasteiger partial charge on any atom is -0.299 e. The van der Waals surface area contributed by atoms with Gasteiger partial charge in [0.25, 0.3) is 0 Å². The van der Waals surface area contributed by atoms with E-state index in [1.807, 2.05) is 42.1 Å². The third-order valence-electron chi connectivity index (χ3n) is 3.59. The van der Waals surface area contributed by atoms with Crippen LogP contribution in [-0.2, 0) is 17.1 Å². The molecule has 0 spiro atoms. The van der Waals surface area contributed by atoms with Crippen molar-refractivity contribution in [3.05, 3.63) is 60.2 Å². The first-order valence-corrected chi connectivity index (χ1v) is 9.09. The van der Waals surface area contributed by atoms with Gasteiger partial charge in [0.1, 0.15) is 16.8 Å². The maximum Gasteiger partial charge on any atom is 0.146 e. The van der Waals surface area contributed by atoms with E-state index in [1.54, 1.807) is 18.3 Å². The number of benzene rings is 1. The smallest absolute Gasteiger partial charge is 0.146 e. The van der Waals surface area contributed by atoms with Crippen LogP contribution >= 0.6 is 9.24 Å². The van der Waals surface area contributed by atoms with E-state index in [9.17, 15) is 4.21 Å². The summed E-state index contributed by atoms with van der Waals surface area (Å²) in [5.74, 6) is 0.842. The number of nitrogens with zero attached hydrogens (tertiary/aromatic N) is 3. The molecule has 2 aromatic heterocycles. The first kappa shape index (κ1) is 16.0. The van der Waals surface area contributed by atoms with Crippen LogP contribution in [-0.4, -0.2) is 18.7 Å². The molecule has 0 aliphatic rings. The highest BCUT2D eigenvalue weighted by molar-refractivity contribution is 7.82. The van der Waals surface area contributed by atoms with Crippen LogP contribution in [0.3, 0.4) is 0 Å². The van der Waals surface area contributed by atoms with Crippen molar-refractivity contribution in [3.63, 3.8) is 0 Å². The Balaban J connectivity index is 2.14. The van der Waals surface area contributed by atoms with Crippen molar-refractivity contribution in [2.75, 3.05) is 0 Å². The number of aryl methyl sites for hydroxylation is 1. The van der Waals surface area contributed by atoms with Crippen LogP contribution in [0.5, 0.6) is 0 Å². The Kier molecular flexibility index (Phi) is 4.66. The van der Waals surface area contributed by atoms with Crippen LogP contribution in [0.4, 0.5) is 0 Å². The summed E-state index contributed by atoms with van der Waals surface area (Å²) in [7, 11) is 1.21. The number of rotatable bonds is 4. The Hall–Kier alpha value is -1.88. The van der Waals surface area contributed by atoms with Crippen LogP contribution in [0.15, 0.2) is 53.8 Å². The third-order valence-corrected chi connectivity index (χ3v) is 4.75. The van der Waals surface area contributed by atoms with Gasteiger partial charge in [-0.25, -0.2) is 14.3 Å². The number of aromatic nitrogens is 3. The summed E-state index contributed by atoms with van der Waals surface area (Å²) in [6.07, 6.45) is 6.37. The van der Waals surface area contributed by atoms with Crippen molar-refractivity contribution in [1.29, 1.82) is 0 Å². The lowest BCUT2D eigenvalue weighted by Crippen LogP contribution is -2.03. The lowest BCUT2D eigenvalue weighted by atomic mass is 10.1. The predicted octanol–water partition coefficient (Wildman–Crippen LogP) is 2.60. The molecule has 3 aromatic rings. The van der Waals surface area contributed by atoms with Gasteiger partial charge in [-0.1, -0.05) is 0 Å². The maximum atomic E-state index is 11.3. The molecule has 0 aliphatic heterocycles. The zero-order valence-corrected chi connectivity index (χ0v) is 14.6. The van der Waals surface area contributed by atoms with Gasteiger partial charge >= 0.3 is 0 Å². The average molecular weight is 344 g/mol. The second-order valence-corrected chi connectivity index (χ2v) is 6.59. The summed E-state index contributed by atoms with van der Waals surface area (Å²) in [6.45, 7) is 2.04. The number of hydrogen-bond donors (Lipinski definition) is 1. The predicted molar refractivity (Wildman–Crippen MR) is 95.5 cm³/mol. The van der Waals surface area contributed by atoms with E-state index in [0.29, 0.717) is 4.90 Å². The molecule has 118 valence electrons. The molecule has 0 bridgehead atoms. The maximum absolute atomic E-state index is 11.3. The summed E-state index contributed by atoms with van der Waals surface area (Å²) < 4.78 is 13.4. The van der Waals surface area contributed by atoms with Crippen molar-refractivity contribution in [2.45, 2.75) is 18.0 Å². The summed E-state index contributed by atoms with van der Waals surface area (Å²) in [5, 5.41) is 5.41. The summed E-state index contributed by atoms with van der Waals surface area (Å²) in [6, 6.07) is 9.29. The van der Waals surface area contributed by atoms with E-state index in [1.165, 1.54) is 0 Å². The minimum absolute atomic E-state index is 0.597. The minimum atomic E-state index is -1.47. The lowest BCUT2D eigenvalue weighted by molar-refractivity contribution is 0.684. The van der Waals surface area contributed by atoms with Gasteiger partial charge in [0.05, 0.1) is 10.6 Å². The van der Waals surface area contributed by atoms with Gasteiger partial charge in [0.2, 0.25) is 0 Å². The van der Waals surface area contributed by atoms with Crippen LogP contribution < -0.4 is 5.14 Å². The lowest BCUT2D eigenvalue weighted by Gasteiger charge is -2.10. The Bertz CT molecular complexity index is 861. The first-order chi connectivity index (χ1) is 11.1. The van der Waals surface area contributed by atoms with Gasteiger partial charge in [0.15, 0.2) is 0 Å². The molecule has 5 nitrogen and oxygen atoms in total. The normalized spacial score (nSPS) is 12.3. The van der Waals surface area contributed by atoms with Gasteiger partial charge in [-0.2, -0.15) is 0 Å². The van der Waals surface area contributed by atoms with Crippen LogP contribution in [0.25, 0.3) is 17.1 Å². The van der Waals surface area contributed by atoms with Crippen LogP contribution in [0.1, 0.15) is 11.3 Å². The van der Waals surface area contributed by atoms with Crippen molar-refractivity contribution >= 4 is 20.2 Å². The highest BCUT2D eigenvalue weighted by Gasteiger charge is 2.13. The molecule has 2 atom stereocenters. The molecule has 1 aromatic carbocycles. The number of imidazole rings is 1. The molecule has 0 saturated carbocycles. The second-order valence-electron chi connectivity index (χ2n) is 5.11. The molecule has 0 radical (unpaired) electrons. The van der Waals surface area contributed by atoms with E-state index in [0.717, 1.165) is 34.5 Å². The van der Waals surface area contributed by atoms with Gasteiger partial charge in [-0.05, 0) is 42.8 Å².